The third-order valence-electron chi connectivity index (χ3n) is 8.95. The van der Waals surface area contributed by atoms with Gasteiger partial charge < -0.3 is 24.4 Å². The zero-order valence-electron chi connectivity index (χ0n) is 24.0. The fraction of sp³-hybridized carbons (Fsp3) is 0.353. The maximum Gasteiger partial charge on any atom is 0.237 e. The molecule has 3 heterocycles. The molecule has 1 N–H and O–H groups in total. The topological polar surface area (TPSA) is 68.1 Å². The summed E-state index contributed by atoms with van der Waals surface area (Å²) in [4.78, 5) is 22.2. The van der Waals surface area contributed by atoms with E-state index in [0.717, 1.165) is 56.4 Å². The number of hydrogen-bond acceptors (Lipinski definition) is 6. The van der Waals surface area contributed by atoms with E-state index in [0.29, 0.717) is 34.5 Å². The van der Waals surface area contributed by atoms with Crippen molar-refractivity contribution in [3.8, 4) is 5.75 Å². The summed E-state index contributed by atoms with van der Waals surface area (Å²) >= 11 is 2.25. The fourth-order valence-electron chi connectivity index (χ4n) is 6.65. The number of alkyl halides is 1. The third-order valence-corrected chi connectivity index (χ3v) is 10.4. The molecule has 0 amide bonds. The van der Waals surface area contributed by atoms with Crippen LogP contribution in [0.4, 0.5) is 10.1 Å². The second kappa shape index (κ2) is 11.6. The third kappa shape index (κ3) is 5.20. The zero-order valence-corrected chi connectivity index (χ0v) is 26.2. The number of methoxy groups -OCH3 is 1. The molecule has 4 aromatic rings. The highest BCUT2D eigenvalue weighted by atomic mass is 127. The fourth-order valence-corrected chi connectivity index (χ4v) is 7.48. The van der Waals surface area contributed by atoms with Crippen LogP contribution in [0, 0.1) is 11.7 Å². The summed E-state index contributed by atoms with van der Waals surface area (Å²) in [6, 6.07) is 21.6. The molecule has 7 nitrogen and oxygen atoms in total. The lowest BCUT2D eigenvalue weighted by atomic mass is 9.94. The van der Waals surface area contributed by atoms with Gasteiger partial charge in [-0.2, -0.15) is 0 Å². The quantitative estimate of drug-likeness (QED) is 0.101. The number of benzene rings is 3. The van der Waals surface area contributed by atoms with Gasteiger partial charge in [-0.1, -0.05) is 65.8 Å². The molecule has 0 unspecified atom stereocenters. The smallest absolute Gasteiger partial charge is 0.237 e. The molecule has 2 aliphatic heterocycles. The van der Waals surface area contributed by atoms with Crippen molar-refractivity contribution >= 4 is 45.4 Å². The molecule has 2 saturated heterocycles. The SMILES string of the molecule is COc1c(N2C[C@@H]3CCCN[C@@H]3C2)c(F)cc2c(=O)c(/C=N/OC(I)(c3ccccc3)c3ccccc3)cn(C3CC3)c12. The minimum absolute atomic E-state index is 0.212. The first-order chi connectivity index (χ1) is 21.0. The summed E-state index contributed by atoms with van der Waals surface area (Å²) in [6.45, 7) is 2.49. The molecule has 3 aromatic carbocycles. The first kappa shape index (κ1) is 28.3. The van der Waals surface area contributed by atoms with Crippen LogP contribution in [0.5, 0.6) is 5.75 Å². The van der Waals surface area contributed by atoms with Gasteiger partial charge in [0.2, 0.25) is 3.61 Å². The Hall–Kier alpha value is -3.44. The van der Waals surface area contributed by atoms with Gasteiger partial charge in [-0.25, -0.2) is 4.39 Å². The van der Waals surface area contributed by atoms with Gasteiger partial charge in [-0.05, 0) is 66.8 Å². The number of anilines is 1. The Morgan fingerprint density at radius 2 is 1.74 bits per heavy atom. The lowest BCUT2D eigenvalue weighted by Gasteiger charge is -2.26. The molecule has 1 aliphatic carbocycles. The number of oxime groups is 1. The van der Waals surface area contributed by atoms with E-state index >= 15 is 4.39 Å². The Balaban J connectivity index is 1.29. The van der Waals surface area contributed by atoms with Crippen molar-refractivity contribution < 1.29 is 14.0 Å². The maximum absolute atomic E-state index is 16.0. The predicted octanol–water partition coefficient (Wildman–Crippen LogP) is 6.36. The van der Waals surface area contributed by atoms with Crippen LogP contribution in [-0.2, 0) is 8.45 Å². The largest absolute Gasteiger partial charge is 0.492 e. The van der Waals surface area contributed by atoms with Crippen molar-refractivity contribution in [1.29, 1.82) is 0 Å². The highest BCUT2D eigenvalue weighted by Gasteiger charge is 2.38. The van der Waals surface area contributed by atoms with E-state index in [1.807, 2.05) is 66.9 Å². The number of piperidine rings is 1. The lowest BCUT2D eigenvalue weighted by Crippen LogP contribution is -2.40. The number of halogens is 2. The van der Waals surface area contributed by atoms with Gasteiger partial charge in [0.1, 0.15) is 5.69 Å². The summed E-state index contributed by atoms with van der Waals surface area (Å²) < 4.78 is 23.1. The molecule has 9 heteroatoms. The average Bonchev–Trinajstić information content (AvgIpc) is 3.80. The molecule has 0 spiro atoms. The van der Waals surface area contributed by atoms with Gasteiger partial charge in [-0.3, -0.25) is 4.79 Å². The van der Waals surface area contributed by atoms with Gasteiger partial charge in [0, 0.05) is 42.5 Å². The Morgan fingerprint density at radius 1 is 1.05 bits per heavy atom. The number of ether oxygens (including phenoxy) is 1. The van der Waals surface area contributed by atoms with E-state index in [-0.39, 0.29) is 16.9 Å². The summed E-state index contributed by atoms with van der Waals surface area (Å²) in [5.41, 5.74) is 2.96. The van der Waals surface area contributed by atoms with E-state index in [2.05, 4.69) is 42.5 Å². The first-order valence-electron chi connectivity index (χ1n) is 14.9. The van der Waals surface area contributed by atoms with Gasteiger partial charge in [0.05, 0.1) is 29.8 Å². The van der Waals surface area contributed by atoms with Crippen molar-refractivity contribution in [3.63, 3.8) is 0 Å². The number of hydrogen-bond donors (Lipinski definition) is 1. The van der Waals surface area contributed by atoms with Crippen LogP contribution in [0.3, 0.4) is 0 Å². The number of fused-ring (bicyclic) bond motifs is 2. The van der Waals surface area contributed by atoms with Crippen molar-refractivity contribution in [2.24, 2.45) is 11.1 Å². The van der Waals surface area contributed by atoms with Crippen LogP contribution >= 0.6 is 22.6 Å². The molecule has 3 fully saturated rings. The summed E-state index contributed by atoms with van der Waals surface area (Å²) in [6.07, 6.45) is 7.52. The second-order valence-electron chi connectivity index (χ2n) is 11.7. The predicted molar refractivity (Wildman–Crippen MR) is 176 cm³/mol. The molecule has 7 rings (SSSR count). The van der Waals surface area contributed by atoms with Crippen LogP contribution in [0.2, 0.25) is 0 Å². The number of pyridine rings is 1. The highest BCUT2D eigenvalue weighted by Crippen LogP contribution is 2.45. The summed E-state index contributed by atoms with van der Waals surface area (Å²) in [7, 11) is 1.57. The first-order valence-corrected chi connectivity index (χ1v) is 16.0. The number of aromatic nitrogens is 1. The molecule has 0 bridgehead atoms. The minimum Gasteiger partial charge on any atom is -0.492 e. The van der Waals surface area contributed by atoms with Crippen LogP contribution in [0.1, 0.15) is 48.4 Å². The lowest BCUT2D eigenvalue weighted by molar-refractivity contribution is 0.0737. The molecule has 43 heavy (non-hydrogen) atoms. The molecule has 1 aromatic heterocycles. The monoisotopic (exact) mass is 692 g/mol. The van der Waals surface area contributed by atoms with Crippen LogP contribution in [-0.4, -0.2) is 43.6 Å². The highest BCUT2D eigenvalue weighted by molar-refractivity contribution is 14.1. The Kier molecular flexibility index (Phi) is 7.63. The maximum atomic E-state index is 16.0. The Bertz CT molecular complexity index is 1670. The molecule has 1 saturated carbocycles. The van der Waals surface area contributed by atoms with E-state index in [1.54, 1.807) is 7.11 Å². The standard InChI is InChI=1S/C34H34FIN4O3/c1-42-33-30-27(17-28(35)31(33)39-19-22-9-8-16-37-29(22)21-39)32(41)23(20-40(30)26-14-15-26)18-38-43-34(36,24-10-4-2-5-11-24)25-12-6-3-7-13-25/h2-7,10-13,17-18,20,22,26,29,37H,8-9,14-16,19,21H2,1H3/b38-18+/t22-,29+/m0/s1. The molecule has 0 radical (unpaired) electrons. The second-order valence-corrected chi connectivity index (χ2v) is 13.2. The van der Waals surface area contributed by atoms with Gasteiger partial charge in [0.15, 0.2) is 17.0 Å². The number of rotatable bonds is 8. The molecule has 222 valence electrons. The molecular formula is C34H34FIN4O3. The summed E-state index contributed by atoms with van der Waals surface area (Å²) in [5.74, 6) is 0.471. The molecule has 2 atom stereocenters. The Morgan fingerprint density at radius 3 is 2.37 bits per heavy atom. The average molecular weight is 693 g/mol. The van der Waals surface area contributed by atoms with Gasteiger partial charge in [-0.15, -0.1) is 0 Å². The van der Waals surface area contributed by atoms with Crippen molar-refractivity contribution in [3.05, 3.63) is 106 Å². The van der Waals surface area contributed by atoms with Gasteiger partial charge >= 0.3 is 0 Å². The van der Waals surface area contributed by atoms with Crippen LogP contribution in [0.15, 0.2) is 82.9 Å². The van der Waals surface area contributed by atoms with Crippen LogP contribution in [0.25, 0.3) is 10.9 Å². The van der Waals surface area contributed by atoms with Crippen LogP contribution < -0.4 is 20.4 Å². The van der Waals surface area contributed by atoms with E-state index < -0.39 is 9.43 Å². The molecule has 3 aliphatic rings. The Labute approximate surface area is 263 Å². The normalized spacial score (nSPS) is 20.5. The van der Waals surface area contributed by atoms with Gasteiger partial charge in [0.25, 0.3) is 0 Å². The van der Waals surface area contributed by atoms with E-state index in [4.69, 9.17) is 9.57 Å². The number of nitrogens with zero attached hydrogens (tertiary/aromatic N) is 3. The van der Waals surface area contributed by atoms with E-state index in [9.17, 15) is 4.79 Å². The van der Waals surface area contributed by atoms with E-state index in [1.165, 1.54) is 12.3 Å². The van der Waals surface area contributed by atoms with Crippen molar-refractivity contribution in [2.45, 2.75) is 41.4 Å². The number of nitrogens with one attached hydrogen (secondary N) is 1. The van der Waals surface area contributed by atoms with Crippen molar-refractivity contribution in [1.82, 2.24) is 9.88 Å². The molecular weight excluding hydrogens is 658 g/mol. The summed E-state index contributed by atoms with van der Waals surface area (Å²) in [5, 5.41) is 8.24. The minimum atomic E-state index is -0.908. The zero-order chi connectivity index (χ0) is 29.6. The van der Waals surface area contributed by atoms with Crippen molar-refractivity contribution in [2.75, 3.05) is 31.6 Å².